The van der Waals surface area contributed by atoms with Crippen molar-refractivity contribution in [3.05, 3.63) is 206 Å². The number of benzene rings is 10. The molecule has 0 saturated heterocycles. The standard InChI is InChI=1S/C54H34N2/c1-2-12-39(13-3-1)54-55-51(34-52(56-54)45-26-20-35-10-4-5-14-40(35)31-45)38-21-18-36(19-22-38)41-23-24-43-32-46(27-25-42(43)30-41)53-48-17-9-7-15-44(48)33-50-47-16-8-6-11-37(47)28-29-49(50)53/h1-34H. The molecule has 0 aliphatic rings. The van der Waals surface area contributed by atoms with Crippen molar-refractivity contribution in [2.45, 2.75) is 0 Å². The average Bonchev–Trinajstić information content (AvgIpc) is 3.28. The number of rotatable bonds is 5. The van der Waals surface area contributed by atoms with Gasteiger partial charge in [-0.05, 0) is 106 Å². The SMILES string of the molecule is c1ccc(-c2nc(-c3ccc(-c4ccc5cc(-c6c7ccccc7cc7c6ccc6ccccc67)ccc5c4)cc3)cc(-c3ccc4ccccc4c3)n2)cc1. The molecule has 0 unspecified atom stereocenters. The van der Waals surface area contributed by atoms with E-state index in [1.165, 1.54) is 76.1 Å². The molecule has 0 N–H and O–H groups in total. The van der Waals surface area contributed by atoms with Crippen molar-refractivity contribution in [3.63, 3.8) is 0 Å². The highest BCUT2D eigenvalue weighted by molar-refractivity contribution is 6.20. The molecule has 0 aliphatic heterocycles. The van der Waals surface area contributed by atoms with Crippen molar-refractivity contribution < 1.29 is 0 Å². The highest BCUT2D eigenvalue weighted by Gasteiger charge is 2.14. The van der Waals surface area contributed by atoms with Crippen LogP contribution in [-0.4, -0.2) is 9.97 Å². The third kappa shape index (κ3) is 5.59. The van der Waals surface area contributed by atoms with Crippen molar-refractivity contribution in [3.8, 4) is 56.2 Å². The van der Waals surface area contributed by atoms with Gasteiger partial charge in [-0.25, -0.2) is 9.97 Å². The number of aromatic nitrogens is 2. The Hall–Kier alpha value is -7.42. The summed E-state index contributed by atoms with van der Waals surface area (Å²) in [5.74, 6) is 0.717. The summed E-state index contributed by atoms with van der Waals surface area (Å²) < 4.78 is 0. The van der Waals surface area contributed by atoms with Crippen LogP contribution in [-0.2, 0) is 0 Å². The van der Waals surface area contributed by atoms with Crippen LogP contribution in [0.1, 0.15) is 0 Å². The summed E-state index contributed by atoms with van der Waals surface area (Å²) in [5, 5.41) is 12.5. The summed E-state index contributed by atoms with van der Waals surface area (Å²) in [6, 6.07) is 74.2. The van der Waals surface area contributed by atoms with E-state index in [4.69, 9.17) is 9.97 Å². The van der Waals surface area contributed by atoms with Crippen LogP contribution in [0.3, 0.4) is 0 Å². The van der Waals surface area contributed by atoms with E-state index in [1.807, 2.05) is 18.2 Å². The molecule has 0 bridgehead atoms. The fourth-order valence-electron chi connectivity index (χ4n) is 8.35. The van der Waals surface area contributed by atoms with Gasteiger partial charge in [0.2, 0.25) is 0 Å². The zero-order chi connectivity index (χ0) is 37.0. The topological polar surface area (TPSA) is 25.8 Å². The van der Waals surface area contributed by atoms with Crippen LogP contribution in [0.25, 0.3) is 110 Å². The number of hydrogen-bond acceptors (Lipinski definition) is 2. The molecule has 1 aromatic heterocycles. The van der Waals surface area contributed by atoms with E-state index in [0.717, 1.165) is 28.1 Å². The lowest BCUT2D eigenvalue weighted by Crippen LogP contribution is -1.96. The number of nitrogens with zero attached hydrogens (tertiary/aromatic N) is 2. The van der Waals surface area contributed by atoms with Gasteiger partial charge in [0, 0.05) is 16.7 Å². The highest BCUT2D eigenvalue weighted by Crippen LogP contribution is 2.41. The van der Waals surface area contributed by atoms with Crippen molar-refractivity contribution in [1.29, 1.82) is 0 Å². The molecule has 0 fully saturated rings. The first-order valence-corrected chi connectivity index (χ1v) is 19.1. The Morgan fingerprint density at radius 2 is 0.750 bits per heavy atom. The van der Waals surface area contributed by atoms with Gasteiger partial charge in [0.1, 0.15) is 0 Å². The third-order valence-corrected chi connectivity index (χ3v) is 11.2. The van der Waals surface area contributed by atoms with Gasteiger partial charge in [-0.15, -0.1) is 0 Å². The summed E-state index contributed by atoms with van der Waals surface area (Å²) in [7, 11) is 0. The Bertz CT molecular complexity index is 3290. The monoisotopic (exact) mass is 710 g/mol. The Labute approximate surface area is 325 Å². The van der Waals surface area contributed by atoms with E-state index in [-0.39, 0.29) is 0 Å². The minimum atomic E-state index is 0.717. The lowest BCUT2D eigenvalue weighted by atomic mass is 9.89. The molecule has 0 saturated carbocycles. The van der Waals surface area contributed by atoms with Gasteiger partial charge < -0.3 is 0 Å². The van der Waals surface area contributed by atoms with Crippen LogP contribution in [0.15, 0.2) is 206 Å². The second-order valence-electron chi connectivity index (χ2n) is 14.6. The van der Waals surface area contributed by atoms with E-state index < -0.39 is 0 Å². The Kier molecular flexibility index (Phi) is 7.53. The van der Waals surface area contributed by atoms with Crippen LogP contribution in [0.2, 0.25) is 0 Å². The first-order valence-electron chi connectivity index (χ1n) is 19.1. The van der Waals surface area contributed by atoms with Crippen LogP contribution in [0.4, 0.5) is 0 Å². The molecule has 56 heavy (non-hydrogen) atoms. The van der Waals surface area contributed by atoms with Crippen LogP contribution < -0.4 is 0 Å². The quantitative estimate of drug-likeness (QED) is 0.131. The zero-order valence-corrected chi connectivity index (χ0v) is 30.5. The summed E-state index contributed by atoms with van der Waals surface area (Å²) in [6.07, 6.45) is 0. The minimum absolute atomic E-state index is 0.717. The van der Waals surface area contributed by atoms with Crippen LogP contribution >= 0.6 is 0 Å². The smallest absolute Gasteiger partial charge is 0.160 e. The summed E-state index contributed by atoms with van der Waals surface area (Å²) >= 11 is 0. The van der Waals surface area contributed by atoms with Crippen molar-refractivity contribution >= 4 is 53.9 Å². The van der Waals surface area contributed by atoms with Gasteiger partial charge in [-0.3, -0.25) is 0 Å². The average molecular weight is 711 g/mol. The van der Waals surface area contributed by atoms with Gasteiger partial charge in [0.15, 0.2) is 5.82 Å². The molecular weight excluding hydrogens is 677 g/mol. The third-order valence-electron chi connectivity index (χ3n) is 11.2. The molecule has 0 atom stereocenters. The van der Waals surface area contributed by atoms with Gasteiger partial charge in [0.25, 0.3) is 0 Å². The van der Waals surface area contributed by atoms with Gasteiger partial charge in [-0.2, -0.15) is 0 Å². The van der Waals surface area contributed by atoms with Crippen molar-refractivity contribution in [1.82, 2.24) is 9.97 Å². The molecule has 11 rings (SSSR count). The number of fused-ring (bicyclic) bond motifs is 6. The second kappa shape index (κ2) is 13.2. The van der Waals surface area contributed by atoms with Crippen LogP contribution in [0.5, 0.6) is 0 Å². The van der Waals surface area contributed by atoms with Gasteiger partial charge >= 0.3 is 0 Å². The fourth-order valence-corrected chi connectivity index (χ4v) is 8.35. The molecular formula is C54H34N2. The maximum Gasteiger partial charge on any atom is 0.160 e. The highest BCUT2D eigenvalue weighted by atomic mass is 14.9. The molecule has 0 amide bonds. The van der Waals surface area contributed by atoms with Gasteiger partial charge in [-0.1, -0.05) is 176 Å². The maximum absolute atomic E-state index is 5.08. The van der Waals surface area contributed by atoms with E-state index in [9.17, 15) is 0 Å². The van der Waals surface area contributed by atoms with Gasteiger partial charge in [0.05, 0.1) is 11.4 Å². The molecule has 2 nitrogen and oxygen atoms in total. The molecule has 2 heteroatoms. The lowest BCUT2D eigenvalue weighted by Gasteiger charge is -2.15. The molecule has 1 heterocycles. The molecule has 0 spiro atoms. The van der Waals surface area contributed by atoms with Crippen LogP contribution in [0, 0.1) is 0 Å². The molecule has 11 aromatic rings. The Morgan fingerprint density at radius 1 is 0.232 bits per heavy atom. The normalized spacial score (nSPS) is 11.6. The van der Waals surface area contributed by atoms with E-state index in [1.54, 1.807) is 0 Å². The maximum atomic E-state index is 5.08. The molecule has 0 radical (unpaired) electrons. The first kappa shape index (κ1) is 32.0. The van der Waals surface area contributed by atoms with E-state index >= 15 is 0 Å². The summed E-state index contributed by atoms with van der Waals surface area (Å²) in [6.45, 7) is 0. The fraction of sp³-hybridized carbons (Fsp3) is 0. The molecule has 10 aromatic carbocycles. The molecule has 260 valence electrons. The molecule has 0 aliphatic carbocycles. The number of hydrogen-bond donors (Lipinski definition) is 0. The van der Waals surface area contributed by atoms with E-state index in [2.05, 4.69) is 188 Å². The zero-order valence-electron chi connectivity index (χ0n) is 30.5. The second-order valence-corrected chi connectivity index (χ2v) is 14.6. The lowest BCUT2D eigenvalue weighted by molar-refractivity contribution is 1.18. The Balaban J connectivity index is 0.960. The summed E-state index contributed by atoms with van der Waals surface area (Å²) in [5.41, 5.74) is 9.79. The van der Waals surface area contributed by atoms with Crippen molar-refractivity contribution in [2.24, 2.45) is 0 Å². The predicted octanol–water partition coefficient (Wildman–Crippen LogP) is 14.6. The van der Waals surface area contributed by atoms with Crippen molar-refractivity contribution in [2.75, 3.05) is 0 Å². The first-order chi connectivity index (χ1) is 27.7. The minimum Gasteiger partial charge on any atom is -0.228 e. The Morgan fingerprint density at radius 3 is 1.55 bits per heavy atom. The van der Waals surface area contributed by atoms with E-state index in [0.29, 0.717) is 5.82 Å². The summed E-state index contributed by atoms with van der Waals surface area (Å²) in [4.78, 5) is 10.1. The largest absolute Gasteiger partial charge is 0.228 e. The predicted molar refractivity (Wildman–Crippen MR) is 237 cm³/mol.